The zero-order valence-electron chi connectivity index (χ0n) is 16.6. The van der Waals surface area contributed by atoms with Crippen molar-refractivity contribution >= 4 is 17.9 Å². The minimum atomic E-state index is -0.362. The van der Waals surface area contributed by atoms with Gasteiger partial charge in [0.2, 0.25) is 0 Å². The Morgan fingerprint density at radius 3 is 2.48 bits per heavy atom. The van der Waals surface area contributed by atoms with E-state index >= 15 is 0 Å². The highest BCUT2D eigenvalue weighted by Gasteiger charge is 2.40. The predicted octanol–water partition coefficient (Wildman–Crippen LogP) is 3.92. The molecular weight excluding hydrogens is 336 g/mol. The van der Waals surface area contributed by atoms with E-state index in [4.69, 9.17) is 0 Å². The highest BCUT2D eigenvalue weighted by atomic mass is 16.2. The number of amides is 1. The molecule has 2 aliphatic rings. The van der Waals surface area contributed by atoms with Crippen LogP contribution in [-0.2, 0) is 12.0 Å². The van der Waals surface area contributed by atoms with Gasteiger partial charge in [-0.05, 0) is 63.8 Å². The molecule has 1 atom stereocenters. The van der Waals surface area contributed by atoms with Gasteiger partial charge in [0.1, 0.15) is 5.82 Å². The summed E-state index contributed by atoms with van der Waals surface area (Å²) in [5.41, 5.74) is 3.00. The molecule has 27 heavy (non-hydrogen) atoms. The maximum Gasteiger partial charge on any atom is 0.254 e. The lowest BCUT2D eigenvalue weighted by Crippen LogP contribution is -2.51. The predicted molar refractivity (Wildman–Crippen MR) is 110 cm³/mol. The van der Waals surface area contributed by atoms with E-state index in [0.29, 0.717) is 11.6 Å². The molecule has 1 aromatic heterocycles. The summed E-state index contributed by atoms with van der Waals surface area (Å²) in [6.45, 7) is 8.72. The molecule has 1 amide bonds. The summed E-state index contributed by atoms with van der Waals surface area (Å²) in [6.07, 6.45) is 6.90. The molecule has 2 aromatic rings. The number of hydrogen-bond donors (Lipinski definition) is 1. The average Bonchev–Trinajstić information content (AvgIpc) is 3.38. The van der Waals surface area contributed by atoms with E-state index in [-0.39, 0.29) is 17.7 Å². The lowest BCUT2D eigenvalue weighted by atomic mass is 10.1. The maximum absolute atomic E-state index is 12.8. The van der Waals surface area contributed by atoms with Crippen LogP contribution in [0.15, 0.2) is 41.5 Å². The van der Waals surface area contributed by atoms with E-state index in [9.17, 15) is 4.79 Å². The first-order valence-electron chi connectivity index (χ1n) is 9.81. The molecule has 0 bridgehead atoms. The Morgan fingerprint density at radius 2 is 1.89 bits per heavy atom. The summed E-state index contributed by atoms with van der Waals surface area (Å²) < 4.78 is 2.29. The van der Waals surface area contributed by atoms with Crippen LogP contribution in [0.2, 0.25) is 0 Å². The van der Waals surface area contributed by atoms with Crippen molar-refractivity contribution in [3.63, 3.8) is 0 Å². The highest BCUT2D eigenvalue weighted by Crippen LogP contribution is 2.39. The molecule has 5 nitrogen and oxygen atoms in total. The number of benzene rings is 1. The topological polar surface area (TPSA) is 49.6 Å². The summed E-state index contributed by atoms with van der Waals surface area (Å²) in [7, 11) is 0. The van der Waals surface area contributed by atoms with Gasteiger partial charge in [0.05, 0.1) is 0 Å². The zero-order chi connectivity index (χ0) is 19.2. The molecule has 1 fully saturated rings. The Bertz CT molecular complexity index is 869. The minimum Gasteiger partial charge on any atom is -0.329 e. The molecule has 1 N–H and O–H groups in total. The van der Waals surface area contributed by atoms with Gasteiger partial charge < -0.3 is 14.8 Å². The van der Waals surface area contributed by atoms with Gasteiger partial charge in [0.15, 0.2) is 6.29 Å². The van der Waals surface area contributed by atoms with Crippen LogP contribution in [0.4, 0.5) is 5.82 Å². The maximum atomic E-state index is 12.8. The number of fused-ring (bicyclic) bond motifs is 1. The van der Waals surface area contributed by atoms with Crippen LogP contribution in [-0.4, -0.2) is 29.0 Å². The molecule has 0 saturated heterocycles. The number of aryl methyl sites for hydroxylation is 1. The van der Waals surface area contributed by atoms with Gasteiger partial charge in [0.25, 0.3) is 5.91 Å². The van der Waals surface area contributed by atoms with E-state index < -0.39 is 0 Å². The Labute approximate surface area is 161 Å². The van der Waals surface area contributed by atoms with E-state index in [1.807, 2.05) is 30.5 Å². The van der Waals surface area contributed by atoms with Gasteiger partial charge in [-0.2, -0.15) is 0 Å². The second-order valence-corrected chi connectivity index (χ2v) is 8.45. The second-order valence-electron chi connectivity index (χ2n) is 8.45. The minimum absolute atomic E-state index is 0.0313. The molecule has 1 unspecified atom stereocenters. The van der Waals surface area contributed by atoms with Gasteiger partial charge in [0, 0.05) is 35.1 Å². The summed E-state index contributed by atoms with van der Waals surface area (Å²) in [5, 5.41) is 3.13. The Kier molecular flexibility index (Phi) is 4.33. The van der Waals surface area contributed by atoms with E-state index in [2.05, 4.69) is 59.7 Å². The Balaban J connectivity index is 1.61. The van der Waals surface area contributed by atoms with Gasteiger partial charge in [-0.3, -0.25) is 4.79 Å². The van der Waals surface area contributed by atoms with E-state index in [1.54, 1.807) is 0 Å². The molecule has 1 saturated carbocycles. The fourth-order valence-corrected chi connectivity index (χ4v) is 3.62. The largest absolute Gasteiger partial charge is 0.329 e. The van der Waals surface area contributed by atoms with E-state index in [1.165, 1.54) is 5.56 Å². The van der Waals surface area contributed by atoms with Crippen LogP contribution in [0.25, 0.3) is 0 Å². The number of carbonyl (C=O) groups is 1. The molecule has 2 heterocycles. The summed E-state index contributed by atoms with van der Waals surface area (Å²) in [5.74, 6) is 1.08. The van der Waals surface area contributed by atoms with Gasteiger partial charge >= 0.3 is 0 Å². The second kappa shape index (κ2) is 6.55. The normalized spacial score (nSPS) is 19.1. The zero-order valence-corrected chi connectivity index (χ0v) is 16.6. The molecule has 1 aliphatic carbocycles. The molecule has 0 radical (unpaired) electrons. The summed E-state index contributed by atoms with van der Waals surface area (Å²) in [4.78, 5) is 19.8. The van der Waals surface area contributed by atoms with Crippen molar-refractivity contribution in [3.8, 4) is 0 Å². The van der Waals surface area contributed by atoms with Crippen LogP contribution in [0.5, 0.6) is 0 Å². The van der Waals surface area contributed by atoms with Crippen molar-refractivity contribution in [3.05, 3.63) is 53.2 Å². The number of aromatic nitrogens is 1. The number of aliphatic imine (C=N–C) groups is 1. The Hall–Kier alpha value is -2.56. The van der Waals surface area contributed by atoms with Crippen LogP contribution < -0.4 is 10.2 Å². The van der Waals surface area contributed by atoms with Crippen molar-refractivity contribution in [2.45, 2.75) is 64.8 Å². The third-order valence-electron chi connectivity index (χ3n) is 5.30. The van der Waals surface area contributed by atoms with Crippen LogP contribution in [0.1, 0.15) is 62.0 Å². The average molecular weight is 364 g/mol. The molecule has 0 spiro atoms. The Morgan fingerprint density at radius 1 is 1.19 bits per heavy atom. The first-order chi connectivity index (χ1) is 12.9. The smallest absolute Gasteiger partial charge is 0.254 e. The molecule has 1 aliphatic heterocycles. The standard InChI is InChI=1S/C22H28N4O/c1-5-15-6-8-16(9-7-15)19(27)24-21-23-14-17-12-13-25(22(2,3)4)20(17)26(21)18-10-11-18/h6-9,12-14,18,21H,5,10-11H2,1-4H3,(H,24,27). The van der Waals surface area contributed by atoms with Gasteiger partial charge in [-0.25, -0.2) is 4.99 Å². The highest BCUT2D eigenvalue weighted by molar-refractivity contribution is 5.96. The SMILES string of the molecule is CCc1ccc(C(=O)NC2N=Cc3ccn(C(C)(C)C)c3N2C2CC2)cc1. The molecule has 5 heteroatoms. The van der Waals surface area contributed by atoms with Crippen molar-refractivity contribution in [2.75, 3.05) is 4.90 Å². The van der Waals surface area contributed by atoms with Crippen molar-refractivity contribution < 1.29 is 4.79 Å². The van der Waals surface area contributed by atoms with Crippen LogP contribution >= 0.6 is 0 Å². The number of nitrogens with zero attached hydrogens (tertiary/aromatic N) is 3. The first kappa shape index (κ1) is 17.8. The van der Waals surface area contributed by atoms with Crippen molar-refractivity contribution in [2.24, 2.45) is 4.99 Å². The van der Waals surface area contributed by atoms with Crippen molar-refractivity contribution in [1.82, 2.24) is 9.88 Å². The quantitative estimate of drug-likeness (QED) is 0.894. The third-order valence-corrected chi connectivity index (χ3v) is 5.30. The van der Waals surface area contributed by atoms with Crippen molar-refractivity contribution in [1.29, 1.82) is 0 Å². The fraction of sp³-hybridized carbons (Fsp3) is 0.455. The number of hydrogen-bond acceptors (Lipinski definition) is 3. The molecule has 4 rings (SSSR count). The molecule has 1 aromatic carbocycles. The summed E-state index contributed by atoms with van der Waals surface area (Å²) in [6, 6.07) is 10.4. The number of rotatable bonds is 4. The number of nitrogens with one attached hydrogen (secondary N) is 1. The lowest BCUT2D eigenvalue weighted by Gasteiger charge is -2.38. The first-order valence-corrected chi connectivity index (χ1v) is 9.81. The number of anilines is 1. The fourth-order valence-electron chi connectivity index (χ4n) is 3.62. The molecular formula is C22H28N4O. The monoisotopic (exact) mass is 364 g/mol. The number of carbonyl (C=O) groups excluding carboxylic acids is 1. The van der Waals surface area contributed by atoms with Gasteiger partial charge in [-0.15, -0.1) is 0 Å². The summed E-state index contributed by atoms with van der Waals surface area (Å²) >= 11 is 0. The van der Waals surface area contributed by atoms with Crippen LogP contribution in [0.3, 0.4) is 0 Å². The van der Waals surface area contributed by atoms with Crippen LogP contribution in [0, 0.1) is 0 Å². The third kappa shape index (κ3) is 3.38. The lowest BCUT2D eigenvalue weighted by molar-refractivity contribution is 0.0936. The molecule has 142 valence electrons. The van der Waals surface area contributed by atoms with E-state index in [0.717, 1.165) is 30.6 Å². The van der Waals surface area contributed by atoms with Gasteiger partial charge in [-0.1, -0.05) is 19.1 Å².